The van der Waals surface area contributed by atoms with Crippen LogP contribution in [0.5, 0.6) is 0 Å². The SMILES string of the molecule is C[Si](C)(C)c1ccc(CNCCS)s1. The lowest BCUT2D eigenvalue weighted by Gasteiger charge is -2.12. The van der Waals surface area contributed by atoms with Gasteiger partial charge in [-0.15, -0.1) is 11.3 Å². The molecule has 4 heteroatoms. The first-order valence-electron chi connectivity index (χ1n) is 4.95. The summed E-state index contributed by atoms with van der Waals surface area (Å²) in [6, 6.07) is 4.55. The molecule has 0 amide bonds. The molecule has 0 spiro atoms. The lowest BCUT2D eigenvalue weighted by atomic mass is 10.4. The van der Waals surface area contributed by atoms with Gasteiger partial charge in [0.1, 0.15) is 0 Å². The minimum atomic E-state index is -1.08. The number of nitrogens with one attached hydrogen (secondary N) is 1. The van der Waals surface area contributed by atoms with Crippen molar-refractivity contribution >= 4 is 36.5 Å². The molecule has 14 heavy (non-hydrogen) atoms. The Balaban J connectivity index is 2.51. The molecule has 1 nitrogen and oxygen atoms in total. The summed E-state index contributed by atoms with van der Waals surface area (Å²) in [6.45, 7) is 9.16. The minimum absolute atomic E-state index is 0.909. The molecule has 0 saturated heterocycles. The minimum Gasteiger partial charge on any atom is -0.311 e. The van der Waals surface area contributed by atoms with Crippen molar-refractivity contribution in [3.05, 3.63) is 17.0 Å². The van der Waals surface area contributed by atoms with Crippen molar-refractivity contribution in [3.8, 4) is 0 Å². The van der Waals surface area contributed by atoms with Crippen molar-refractivity contribution in [2.75, 3.05) is 12.3 Å². The topological polar surface area (TPSA) is 12.0 Å². The average Bonchev–Trinajstić information content (AvgIpc) is 2.52. The Morgan fingerprint density at radius 1 is 1.36 bits per heavy atom. The van der Waals surface area contributed by atoms with Crippen LogP contribution in [0.25, 0.3) is 0 Å². The predicted molar refractivity (Wildman–Crippen MR) is 72.9 cm³/mol. The van der Waals surface area contributed by atoms with Crippen molar-refractivity contribution in [1.29, 1.82) is 0 Å². The first kappa shape index (κ1) is 12.3. The normalized spacial score (nSPS) is 12.0. The first-order chi connectivity index (χ1) is 6.54. The van der Waals surface area contributed by atoms with E-state index >= 15 is 0 Å². The van der Waals surface area contributed by atoms with Gasteiger partial charge in [-0.2, -0.15) is 12.6 Å². The summed E-state index contributed by atoms with van der Waals surface area (Å²) in [7, 11) is -1.08. The summed E-state index contributed by atoms with van der Waals surface area (Å²) in [6.07, 6.45) is 0. The maximum absolute atomic E-state index is 4.17. The van der Waals surface area contributed by atoms with Gasteiger partial charge in [-0.3, -0.25) is 0 Å². The second-order valence-electron chi connectivity index (χ2n) is 4.42. The van der Waals surface area contributed by atoms with Crippen LogP contribution in [-0.2, 0) is 6.54 Å². The molecule has 1 aromatic heterocycles. The zero-order valence-electron chi connectivity index (χ0n) is 9.13. The number of hydrogen-bond donors (Lipinski definition) is 2. The third-order valence-corrected chi connectivity index (χ3v) is 6.90. The number of hydrogen-bond acceptors (Lipinski definition) is 3. The highest BCUT2D eigenvalue weighted by atomic mass is 32.1. The third-order valence-electron chi connectivity index (χ3n) is 1.99. The summed E-state index contributed by atoms with van der Waals surface area (Å²) in [5.74, 6) is 0.909. The van der Waals surface area contributed by atoms with Crippen LogP contribution in [0.15, 0.2) is 12.1 Å². The van der Waals surface area contributed by atoms with Gasteiger partial charge >= 0.3 is 0 Å². The first-order valence-corrected chi connectivity index (χ1v) is 9.89. The predicted octanol–water partition coefficient (Wildman–Crippen LogP) is 2.31. The van der Waals surface area contributed by atoms with Gasteiger partial charge in [-0.25, -0.2) is 0 Å². The van der Waals surface area contributed by atoms with Gasteiger partial charge in [0, 0.05) is 23.7 Å². The van der Waals surface area contributed by atoms with Gasteiger partial charge in [0.2, 0.25) is 0 Å². The summed E-state index contributed by atoms with van der Waals surface area (Å²) in [5, 5.41) is 3.37. The zero-order valence-corrected chi connectivity index (χ0v) is 11.8. The summed E-state index contributed by atoms with van der Waals surface area (Å²) in [4.78, 5) is 1.45. The second kappa shape index (κ2) is 5.35. The Hall–Kier alpha value is 0.227. The molecule has 0 aliphatic heterocycles. The van der Waals surface area contributed by atoms with E-state index in [1.807, 2.05) is 11.3 Å². The van der Waals surface area contributed by atoms with Crippen LogP contribution in [-0.4, -0.2) is 20.4 Å². The molecule has 0 atom stereocenters. The third kappa shape index (κ3) is 3.77. The highest BCUT2D eigenvalue weighted by Gasteiger charge is 2.18. The Morgan fingerprint density at radius 3 is 2.57 bits per heavy atom. The summed E-state index contributed by atoms with van der Waals surface area (Å²) < 4.78 is 1.60. The van der Waals surface area contributed by atoms with Crippen LogP contribution < -0.4 is 9.82 Å². The fourth-order valence-corrected chi connectivity index (χ4v) is 4.25. The van der Waals surface area contributed by atoms with Crippen LogP contribution >= 0.6 is 24.0 Å². The molecule has 1 N–H and O–H groups in total. The molecule has 1 rings (SSSR count). The Bertz CT molecular complexity index is 278. The summed E-state index contributed by atoms with van der Waals surface area (Å²) in [5.41, 5.74) is 0. The lowest BCUT2D eigenvalue weighted by molar-refractivity contribution is 0.742. The molecule has 0 unspecified atom stereocenters. The Labute approximate surface area is 97.3 Å². The second-order valence-corrected chi connectivity index (χ2v) is 11.4. The van der Waals surface area contributed by atoms with Crippen molar-refractivity contribution in [1.82, 2.24) is 5.32 Å². The molecular weight excluding hydrogens is 226 g/mol. The zero-order chi connectivity index (χ0) is 10.6. The van der Waals surface area contributed by atoms with Crippen LogP contribution in [0.1, 0.15) is 4.88 Å². The van der Waals surface area contributed by atoms with Crippen molar-refractivity contribution in [2.45, 2.75) is 26.2 Å². The monoisotopic (exact) mass is 245 g/mol. The molecule has 80 valence electrons. The van der Waals surface area contributed by atoms with Crippen LogP contribution in [0.2, 0.25) is 19.6 Å². The van der Waals surface area contributed by atoms with E-state index in [0.29, 0.717) is 0 Å². The molecule has 0 fully saturated rings. The molecule has 0 aliphatic carbocycles. The van der Waals surface area contributed by atoms with E-state index in [1.165, 1.54) is 4.88 Å². The van der Waals surface area contributed by atoms with Crippen molar-refractivity contribution in [3.63, 3.8) is 0 Å². The van der Waals surface area contributed by atoms with Crippen molar-refractivity contribution < 1.29 is 0 Å². The van der Waals surface area contributed by atoms with E-state index in [2.05, 4.69) is 49.7 Å². The standard InChI is InChI=1S/C10H19NS2Si/c1-14(2,3)10-5-4-9(13-10)8-11-6-7-12/h4-5,11-12H,6-8H2,1-3H3. The van der Waals surface area contributed by atoms with Crippen molar-refractivity contribution in [2.24, 2.45) is 0 Å². The van der Waals surface area contributed by atoms with Crippen LogP contribution in [0.3, 0.4) is 0 Å². The van der Waals surface area contributed by atoms with E-state index in [-0.39, 0.29) is 0 Å². The van der Waals surface area contributed by atoms with Gasteiger partial charge in [-0.05, 0) is 10.6 Å². The molecule has 0 aliphatic rings. The van der Waals surface area contributed by atoms with E-state index in [1.54, 1.807) is 4.50 Å². The quantitative estimate of drug-likeness (QED) is 0.461. The van der Waals surface area contributed by atoms with Gasteiger partial charge in [0.05, 0.1) is 8.07 Å². The molecule has 0 saturated carbocycles. The Morgan fingerprint density at radius 2 is 2.07 bits per heavy atom. The highest BCUT2D eigenvalue weighted by molar-refractivity contribution is 7.80. The highest BCUT2D eigenvalue weighted by Crippen LogP contribution is 2.12. The number of rotatable bonds is 5. The lowest BCUT2D eigenvalue weighted by Crippen LogP contribution is -2.34. The van der Waals surface area contributed by atoms with E-state index in [0.717, 1.165) is 18.8 Å². The van der Waals surface area contributed by atoms with Gasteiger partial charge in [0.25, 0.3) is 0 Å². The molecule has 0 radical (unpaired) electrons. The van der Waals surface area contributed by atoms with Crippen LogP contribution in [0, 0.1) is 0 Å². The molecule has 1 aromatic rings. The summed E-state index contributed by atoms with van der Waals surface area (Å²) >= 11 is 6.13. The van der Waals surface area contributed by atoms with E-state index < -0.39 is 8.07 Å². The smallest absolute Gasteiger partial charge is 0.0904 e. The van der Waals surface area contributed by atoms with E-state index in [4.69, 9.17) is 0 Å². The Kier molecular flexibility index (Phi) is 4.70. The number of thiophene rings is 1. The fourth-order valence-electron chi connectivity index (χ4n) is 1.17. The van der Waals surface area contributed by atoms with Crippen LogP contribution in [0.4, 0.5) is 0 Å². The maximum Gasteiger partial charge on any atom is 0.0904 e. The molecule has 1 heterocycles. The largest absolute Gasteiger partial charge is 0.311 e. The molecule has 0 bridgehead atoms. The van der Waals surface area contributed by atoms with Gasteiger partial charge < -0.3 is 5.32 Å². The molecular formula is C10H19NS2Si. The maximum atomic E-state index is 4.17. The van der Waals surface area contributed by atoms with Gasteiger partial charge in [-0.1, -0.05) is 25.7 Å². The van der Waals surface area contributed by atoms with Gasteiger partial charge in [0.15, 0.2) is 0 Å². The average molecular weight is 245 g/mol. The van der Waals surface area contributed by atoms with E-state index in [9.17, 15) is 0 Å². The fraction of sp³-hybridized carbons (Fsp3) is 0.600. The molecule has 0 aromatic carbocycles. The number of thiol groups is 1.